The highest BCUT2D eigenvalue weighted by atomic mass is 19.1. The van der Waals surface area contributed by atoms with E-state index in [1.807, 2.05) is 32.9 Å². The van der Waals surface area contributed by atoms with Crippen LogP contribution in [0, 0.1) is 5.82 Å². The second-order valence-electron chi connectivity index (χ2n) is 10.2. The molecule has 3 aromatic carbocycles. The van der Waals surface area contributed by atoms with Gasteiger partial charge in [-0.05, 0) is 79.8 Å². The summed E-state index contributed by atoms with van der Waals surface area (Å²) in [6, 6.07) is 17.5. The van der Waals surface area contributed by atoms with Gasteiger partial charge in [-0.25, -0.2) is 4.39 Å². The first-order valence-corrected chi connectivity index (χ1v) is 13.5. The number of rotatable bonds is 7. The first-order valence-electron chi connectivity index (χ1n) is 13.5. The largest absolute Gasteiger partial charge is 0.507 e. The summed E-state index contributed by atoms with van der Waals surface area (Å²) in [7, 11) is 0. The van der Waals surface area contributed by atoms with E-state index in [0.717, 1.165) is 37.2 Å². The molecular formula is C32H33FN2O4. The molecule has 1 atom stereocenters. The Labute approximate surface area is 228 Å². The van der Waals surface area contributed by atoms with Gasteiger partial charge in [0.15, 0.2) is 0 Å². The van der Waals surface area contributed by atoms with Gasteiger partial charge in [-0.3, -0.25) is 14.5 Å². The van der Waals surface area contributed by atoms with E-state index in [2.05, 4.69) is 4.90 Å². The molecule has 0 saturated carbocycles. The van der Waals surface area contributed by atoms with E-state index in [1.54, 1.807) is 48.5 Å². The van der Waals surface area contributed by atoms with Crippen molar-refractivity contribution in [1.29, 1.82) is 0 Å². The van der Waals surface area contributed by atoms with Gasteiger partial charge in [-0.2, -0.15) is 0 Å². The number of benzene rings is 3. The van der Waals surface area contributed by atoms with Crippen LogP contribution < -0.4 is 14.5 Å². The number of hydrogen-bond acceptors (Lipinski definition) is 5. The van der Waals surface area contributed by atoms with Crippen LogP contribution >= 0.6 is 0 Å². The maximum atomic E-state index is 15.2. The number of ether oxygens (including phenoxy) is 1. The fraction of sp³-hybridized carbons (Fsp3) is 0.312. The number of anilines is 2. The smallest absolute Gasteiger partial charge is 0.300 e. The molecule has 39 heavy (non-hydrogen) atoms. The molecule has 1 amide bonds. The molecule has 2 fully saturated rings. The van der Waals surface area contributed by atoms with Crippen LogP contribution in [0.25, 0.3) is 5.76 Å². The average molecular weight is 529 g/mol. The van der Waals surface area contributed by atoms with Crippen LogP contribution in [0.2, 0.25) is 0 Å². The predicted molar refractivity (Wildman–Crippen MR) is 151 cm³/mol. The van der Waals surface area contributed by atoms with E-state index in [0.29, 0.717) is 23.6 Å². The van der Waals surface area contributed by atoms with Crippen molar-refractivity contribution < 1.29 is 23.8 Å². The lowest BCUT2D eigenvalue weighted by molar-refractivity contribution is -0.132. The van der Waals surface area contributed by atoms with Gasteiger partial charge < -0.3 is 14.7 Å². The molecule has 5 rings (SSSR count). The van der Waals surface area contributed by atoms with E-state index < -0.39 is 23.5 Å². The van der Waals surface area contributed by atoms with E-state index in [1.165, 1.54) is 11.0 Å². The van der Waals surface area contributed by atoms with Crippen molar-refractivity contribution in [2.45, 2.75) is 45.6 Å². The molecule has 0 aromatic heterocycles. The Kier molecular flexibility index (Phi) is 7.42. The molecule has 2 heterocycles. The second-order valence-corrected chi connectivity index (χ2v) is 10.2. The number of hydrogen-bond donors (Lipinski definition) is 1. The molecule has 1 unspecified atom stereocenters. The zero-order valence-corrected chi connectivity index (χ0v) is 22.5. The van der Waals surface area contributed by atoms with Crippen molar-refractivity contribution in [3.05, 3.63) is 94.8 Å². The van der Waals surface area contributed by atoms with Gasteiger partial charge in [0.2, 0.25) is 0 Å². The Morgan fingerprint density at radius 2 is 1.67 bits per heavy atom. The normalized spacial score (nSPS) is 18.8. The Balaban J connectivity index is 1.64. The van der Waals surface area contributed by atoms with Gasteiger partial charge in [-0.15, -0.1) is 0 Å². The summed E-state index contributed by atoms with van der Waals surface area (Å²) in [5.41, 5.74) is 2.71. The molecule has 1 N–H and O–H groups in total. The summed E-state index contributed by atoms with van der Waals surface area (Å²) < 4.78 is 21.0. The quantitative estimate of drug-likeness (QED) is 0.213. The molecule has 2 saturated heterocycles. The van der Waals surface area contributed by atoms with Crippen molar-refractivity contribution in [2.24, 2.45) is 0 Å². The Hall–Kier alpha value is -4.13. The topological polar surface area (TPSA) is 70.1 Å². The number of amides is 1. The fourth-order valence-electron chi connectivity index (χ4n) is 5.48. The molecule has 202 valence electrons. The van der Waals surface area contributed by atoms with Crippen LogP contribution in [-0.2, 0) is 9.59 Å². The SMILES string of the molecule is CCOc1ccc(/C(O)=C2\C(=O)C(=O)N(c3ccc(N4CCCC4)cc3)C2c2ccccc2F)cc1C(C)C. The third-order valence-corrected chi connectivity index (χ3v) is 7.45. The van der Waals surface area contributed by atoms with E-state index in [9.17, 15) is 14.7 Å². The maximum absolute atomic E-state index is 15.2. The summed E-state index contributed by atoms with van der Waals surface area (Å²) >= 11 is 0. The van der Waals surface area contributed by atoms with E-state index >= 15 is 4.39 Å². The van der Waals surface area contributed by atoms with Crippen LogP contribution in [0.1, 0.15) is 62.3 Å². The van der Waals surface area contributed by atoms with Gasteiger partial charge in [-0.1, -0.05) is 32.0 Å². The highest BCUT2D eigenvalue weighted by molar-refractivity contribution is 6.51. The minimum atomic E-state index is -1.13. The van der Waals surface area contributed by atoms with Crippen LogP contribution in [0.5, 0.6) is 5.75 Å². The fourth-order valence-corrected chi connectivity index (χ4v) is 5.48. The van der Waals surface area contributed by atoms with Crippen LogP contribution in [-0.4, -0.2) is 36.5 Å². The van der Waals surface area contributed by atoms with Crippen molar-refractivity contribution in [2.75, 3.05) is 29.5 Å². The molecule has 0 radical (unpaired) electrons. The standard InChI is InChI=1S/C32H33FN2O4/c1-4-39-27-16-11-21(19-25(27)20(2)3)30(36)28-29(24-9-5-6-10-26(24)33)35(32(38)31(28)37)23-14-12-22(13-15-23)34-17-7-8-18-34/h5-6,9-16,19-20,29,36H,4,7-8,17-18H2,1-3H3/b30-28+. The minimum absolute atomic E-state index is 0.0817. The van der Waals surface area contributed by atoms with Crippen LogP contribution in [0.15, 0.2) is 72.3 Å². The minimum Gasteiger partial charge on any atom is -0.507 e. The number of halogens is 1. The summed E-state index contributed by atoms with van der Waals surface area (Å²) in [4.78, 5) is 30.5. The molecule has 2 aliphatic rings. The lowest BCUT2D eigenvalue weighted by Crippen LogP contribution is -2.30. The molecule has 6 nitrogen and oxygen atoms in total. The first-order chi connectivity index (χ1) is 18.8. The lowest BCUT2D eigenvalue weighted by Gasteiger charge is -2.26. The summed E-state index contributed by atoms with van der Waals surface area (Å²) in [6.45, 7) is 8.34. The number of ketones is 1. The third-order valence-electron chi connectivity index (χ3n) is 7.45. The van der Waals surface area contributed by atoms with Crippen LogP contribution in [0.4, 0.5) is 15.8 Å². The van der Waals surface area contributed by atoms with Crippen molar-refractivity contribution in [1.82, 2.24) is 0 Å². The first kappa shape index (κ1) is 26.5. The molecule has 0 bridgehead atoms. The Bertz CT molecular complexity index is 1420. The zero-order valence-electron chi connectivity index (χ0n) is 22.5. The van der Waals surface area contributed by atoms with E-state index in [4.69, 9.17) is 4.74 Å². The average Bonchev–Trinajstić information content (AvgIpc) is 3.56. The molecule has 0 aliphatic carbocycles. The van der Waals surface area contributed by atoms with Crippen molar-refractivity contribution >= 4 is 28.8 Å². The van der Waals surface area contributed by atoms with Gasteiger partial charge in [0.05, 0.1) is 18.2 Å². The number of aliphatic hydroxyl groups excluding tert-OH is 1. The van der Waals surface area contributed by atoms with Gasteiger partial charge in [0.1, 0.15) is 17.3 Å². The number of aliphatic hydroxyl groups is 1. The lowest BCUT2D eigenvalue weighted by atomic mass is 9.93. The number of Topliss-reactive ketones (excluding diaryl/α,β-unsaturated/α-hetero) is 1. The second kappa shape index (κ2) is 10.9. The maximum Gasteiger partial charge on any atom is 0.300 e. The zero-order chi connectivity index (χ0) is 27.7. The molecular weight excluding hydrogens is 495 g/mol. The number of carbonyl (C=O) groups is 2. The Morgan fingerprint density at radius 1 is 1.00 bits per heavy atom. The summed E-state index contributed by atoms with van der Waals surface area (Å²) in [5, 5.41) is 11.5. The van der Waals surface area contributed by atoms with Gasteiger partial charge >= 0.3 is 0 Å². The van der Waals surface area contributed by atoms with Gasteiger partial charge in [0.25, 0.3) is 11.7 Å². The third kappa shape index (κ3) is 4.89. The molecule has 0 spiro atoms. The Morgan fingerprint density at radius 3 is 2.31 bits per heavy atom. The molecule has 2 aliphatic heterocycles. The van der Waals surface area contributed by atoms with Crippen molar-refractivity contribution in [3.8, 4) is 5.75 Å². The number of carbonyl (C=O) groups excluding carboxylic acids is 2. The van der Waals surface area contributed by atoms with Crippen molar-refractivity contribution in [3.63, 3.8) is 0 Å². The van der Waals surface area contributed by atoms with Crippen LogP contribution in [0.3, 0.4) is 0 Å². The monoisotopic (exact) mass is 528 g/mol. The highest BCUT2D eigenvalue weighted by Gasteiger charge is 2.47. The molecule has 3 aromatic rings. The number of nitrogens with zero attached hydrogens (tertiary/aromatic N) is 2. The highest BCUT2D eigenvalue weighted by Crippen LogP contribution is 2.44. The predicted octanol–water partition coefficient (Wildman–Crippen LogP) is 6.57. The summed E-state index contributed by atoms with van der Waals surface area (Å²) in [6.07, 6.45) is 2.27. The van der Waals surface area contributed by atoms with Gasteiger partial charge in [0, 0.05) is 35.6 Å². The van der Waals surface area contributed by atoms with E-state index in [-0.39, 0.29) is 22.8 Å². The summed E-state index contributed by atoms with van der Waals surface area (Å²) in [5.74, 6) is -1.81. The molecule has 7 heteroatoms.